The molecule has 110 valence electrons. The zero-order valence-electron chi connectivity index (χ0n) is 11.6. The van der Waals surface area contributed by atoms with Gasteiger partial charge in [-0.3, -0.25) is 9.59 Å². The molecular formula is C16H11NO4S. The molecule has 2 aromatic rings. The van der Waals surface area contributed by atoms with E-state index in [1.165, 1.54) is 12.1 Å². The van der Waals surface area contributed by atoms with E-state index in [0.717, 1.165) is 4.90 Å². The van der Waals surface area contributed by atoms with Crippen LogP contribution in [0.1, 0.15) is 31.1 Å². The average Bonchev–Trinajstić information content (AvgIpc) is 2.80. The van der Waals surface area contributed by atoms with Crippen molar-refractivity contribution >= 4 is 29.5 Å². The van der Waals surface area contributed by atoms with Crippen LogP contribution in [0.2, 0.25) is 0 Å². The number of benzene rings is 2. The molecule has 0 saturated carbocycles. The van der Waals surface area contributed by atoms with E-state index >= 15 is 0 Å². The van der Waals surface area contributed by atoms with Gasteiger partial charge in [0.05, 0.1) is 16.7 Å². The summed E-state index contributed by atoms with van der Waals surface area (Å²) in [6.07, 6.45) is 1.92. The molecule has 2 aromatic carbocycles. The van der Waals surface area contributed by atoms with Crippen molar-refractivity contribution in [2.24, 2.45) is 0 Å². The van der Waals surface area contributed by atoms with E-state index in [9.17, 15) is 14.4 Å². The first-order valence-corrected chi connectivity index (χ1v) is 7.68. The number of rotatable bonds is 3. The van der Waals surface area contributed by atoms with Crippen LogP contribution in [0.15, 0.2) is 53.4 Å². The van der Waals surface area contributed by atoms with Gasteiger partial charge in [-0.15, -0.1) is 11.8 Å². The second-order valence-electron chi connectivity index (χ2n) is 4.56. The smallest absolute Gasteiger partial charge is 0.324 e. The molecule has 5 nitrogen and oxygen atoms in total. The number of amides is 2. The molecule has 0 bridgehead atoms. The van der Waals surface area contributed by atoms with Gasteiger partial charge in [0.25, 0.3) is 11.8 Å². The Kier molecular flexibility index (Phi) is 3.68. The Morgan fingerprint density at radius 1 is 0.955 bits per heavy atom. The van der Waals surface area contributed by atoms with Crippen LogP contribution in [-0.2, 0) is 4.84 Å². The van der Waals surface area contributed by atoms with Crippen molar-refractivity contribution in [3.63, 3.8) is 0 Å². The number of hydroxylamine groups is 2. The second-order valence-corrected chi connectivity index (χ2v) is 5.44. The minimum Gasteiger partial charge on any atom is -0.324 e. The van der Waals surface area contributed by atoms with Crippen LogP contribution in [0.5, 0.6) is 0 Å². The monoisotopic (exact) mass is 313 g/mol. The minimum absolute atomic E-state index is 0.234. The maximum atomic E-state index is 12.1. The van der Waals surface area contributed by atoms with Crippen LogP contribution in [0, 0.1) is 0 Å². The van der Waals surface area contributed by atoms with Crippen molar-refractivity contribution in [3.05, 3.63) is 65.2 Å². The van der Waals surface area contributed by atoms with Gasteiger partial charge in [-0.05, 0) is 42.7 Å². The van der Waals surface area contributed by atoms with E-state index in [1.807, 2.05) is 6.26 Å². The van der Waals surface area contributed by atoms with E-state index < -0.39 is 17.8 Å². The molecule has 1 aliphatic heterocycles. The molecule has 1 aliphatic rings. The molecule has 0 atom stereocenters. The molecule has 0 aliphatic carbocycles. The first-order valence-electron chi connectivity index (χ1n) is 6.46. The minimum atomic E-state index is -0.748. The van der Waals surface area contributed by atoms with Crippen LogP contribution >= 0.6 is 11.8 Å². The summed E-state index contributed by atoms with van der Waals surface area (Å²) < 4.78 is 0. The fraction of sp³-hybridized carbons (Fsp3) is 0.0625. The Balaban J connectivity index is 1.80. The van der Waals surface area contributed by atoms with Gasteiger partial charge in [-0.1, -0.05) is 17.2 Å². The molecule has 22 heavy (non-hydrogen) atoms. The topological polar surface area (TPSA) is 63.7 Å². The third-order valence-corrected chi connectivity index (χ3v) is 4.00. The van der Waals surface area contributed by atoms with Crippen molar-refractivity contribution in [1.29, 1.82) is 0 Å². The number of imide groups is 1. The molecule has 3 rings (SSSR count). The summed E-state index contributed by atoms with van der Waals surface area (Å²) in [6.45, 7) is 0. The Labute approximate surface area is 130 Å². The molecular weight excluding hydrogens is 302 g/mol. The highest BCUT2D eigenvalue weighted by Crippen LogP contribution is 2.23. The lowest BCUT2D eigenvalue weighted by Crippen LogP contribution is -2.32. The molecule has 6 heteroatoms. The van der Waals surface area contributed by atoms with Crippen molar-refractivity contribution < 1.29 is 19.2 Å². The number of carbonyl (C=O) groups is 3. The largest absolute Gasteiger partial charge is 0.363 e. The van der Waals surface area contributed by atoms with Gasteiger partial charge in [0, 0.05) is 4.90 Å². The van der Waals surface area contributed by atoms with Crippen molar-refractivity contribution in [3.8, 4) is 0 Å². The number of hydrogen-bond acceptors (Lipinski definition) is 5. The summed E-state index contributed by atoms with van der Waals surface area (Å²) in [5, 5.41) is 0.509. The first kappa shape index (κ1) is 14.3. The van der Waals surface area contributed by atoms with Crippen LogP contribution in [0.25, 0.3) is 0 Å². The van der Waals surface area contributed by atoms with E-state index in [0.29, 0.717) is 5.06 Å². The highest BCUT2D eigenvalue weighted by molar-refractivity contribution is 7.98. The van der Waals surface area contributed by atoms with Gasteiger partial charge in [0.2, 0.25) is 0 Å². The van der Waals surface area contributed by atoms with Crippen molar-refractivity contribution in [2.45, 2.75) is 4.90 Å². The molecule has 2 amide bonds. The van der Waals surface area contributed by atoms with Crippen molar-refractivity contribution in [1.82, 2.24) is 5.06 Å². The van der Waals surface area contributed by atoms with Crippen LogP contribution in [0.4, 0.5) is 0 Å². The third-order valence-electron chi connectivity index (χ3n) is 3.26. The number of carbonyl (C=O) groups excluding carboxylic acids is 3. The number of hydrogen-bond donors (Lipinski definition) is 0. The SMILES string of the molecule is CSc1ccc(C(=O)ON2C(=O)c3ccccc3C2=O)cc1. The normalized spacial score (nSPS) is 13.2. The molecule has 0 spiro atoms. The Morgan fingerprint density at radius 3 is 2.00 bits per heavy atom. The maximum Gasteiger partial charge on any atom is 0.363 e. The average molecular weight is 313 g/mol. The number of thioether (sulfide) groups is 1. The molecule has 0 unspecified atom stereocenters. The zero-order valence-corrected chi connectivity index (χ0v) is 12.4. The molecule has 0 saturated heterocycles. The van der Waals surface area contributed by atoms with Crippen LogP contribution in [-0.4, -0.2) is 29.1 Å². The summed E-state index contributed by atoms with van der Waals surface area (Å²) in [6, 6.07) is 13.1. The third kappa shape index (κ3) is 2.37. The second kappa shape index (κ2) is 5.65. The molecule has 0 aromatic heterocycles. The van der Waals surface area contributed by atoms with Crippen LogP contribution in [0.3, 0.4) is 0 Å². The molecule has 0 fully saturated rings. The summed E-state index contributed by atoms with van der Waals surface area (Å²) >= 11 is 1.54. The fourth-order valence-corrected chi connectivity index (χ4v) is 2.52. The van der Waals surface area contributed by atoms with Gasteiger partial charge < -0.3 is 4.84 Å². The van der Waals surface area contributed by atoms with Gasteiger partial charge in [0.1, 0.15) is 0 Å². The Hall–Kier alpha value is -2.60. The predicted molar refractivity (Wildman–Crippen MR) is 80.6 cm³/mol. The summed E-state index contributed by atoms with van der Waals surface area (Å²) in [5.41, 5.74) is 0.741. The Bertz CT molecular complexity index is 735. The van der Waals surface area contributed by atoms with E-state index in [2.05, 4.69) is 0 Å². The maximum absolute atomic E-state index is 12.1. The zero-order chi connectivity index (χ0) is 15.7. The summed E-state index contributed by atoms with van der Waals surface area (Å²) in [7, 11) is 0. The van der Waals surface area contributed by atoms with Crippen LogP contribution < -0.4 is 0 Å². The lowest BCUT2D eigenvalue weighted by atomic mass is 10.1. The van der Waals surface area contributed by atoms with Gasteiger partial charge >= 0.3 is 5.97 Å². The van der Waals surface area contributed by atoms with Crippen molar-refractivity contribution in [2.75, 3.05) is 6.26 Å². The lowest BCUT2D eigenvalue weighted by Gasteiger charge is -2.12. The summed E-state index contributed by atoms with van der Waals surface area (Å²) in [4.78, 5) is 42.2. The van der Waals surface area contributed by atoms with E-state index in [4.69, 9.17) is 4.84 Å². The fourth-order valence-electron chi connectivity index (χ4n) is 2.11. The summed E-state index contributed by atoms with van der Waals surface area (Å²) in [5.74, 6) is -2.01. The van der Waals surface area contributed by atoms with Gasteiger partial charge in [-0.2, -0.15) is 0 Å². The quantitative estimate of drug-likeness (QED) is 0.644. The lowest BCUT2D eigenvalue weighted by molar-refractivity contribution is -0.0584. The highest BCUT2D eigenvalue weighted by atomic mass is 32.2. The Morgan fingerprint density at radius 2 is 1.50 bits per heavy atom. The number of nitrogens with zero attached hydrogens (tertiary/aromatic N) is 1. The van der Waals surface area contributed by atoms with Gasteiger partial charge in [0.15, 0.2) is 0 Å². The molecule has 0 radical (unpaired) electrons. The molecule has 1 heterocycles. The molecule has 0 N–H and O–H groups in total. The highest BCUT2D eigenvalue weighted by Gasteiger charge is 2.38. The standard InChI is InChI=1S/C16H11NO4S/c1-22-11-8-6-10(7-9-11)16(20)21-17-14(18)12-4-2-3-5-13(12)15(17)19/h2-9H,1H3. The predicted octanol–water partition coefficient (Wildman–Crippen LogP) is 2.78. The van der Waals surface area contributed by atoms with E-state index in [-0.39, 0.29) is 16.7 Å². The van der Waals surface area contributed by atoms with Gasteiger partial charge in [-0.25, -0.2) is 4.79 Å². The first-order chi connectivity index (χ1) is 10.6. The van der Waals surface area contributed by atoms with E-state index in [1.54, 1.807) is 48.2 Å². The number of fused-ring (bicyclic) bond motifs is 1.